The monoisotopic (exact) mass is 299 g/mol. The number of hydrogen-bond acceptors (Lipinski definition) is 6. The first-order chi connectivity index (χ1) is 10.3. The number of hydrogen-bond donors (Lipinski definition) is 0. The lowest BCUT2D eigenvalue weighted by atomic mass is 10.2. The molecule has 3 aromatic rings. The Kier molecular flexibility index (Phi) is 4.16. The van der Waals surface area contributed by atoms with Crippen LogP contribution in [-0.2, 0) is 5.75 Å². The van der Waals surface area contributed by atoms with Gasteiger partial charge in [-0.15, -0.1) is 10.2 Å². The highest BCUT2D eigenvalue weighted by atomic mass is 32.2. The Morgan fingerprint density at radius 2 is 2.00 bits per heavy atom. The SMILES string of the molecule is COc1ccc(CSc2nnc(-c3cccnc3)o2)cc1. The molecule has 0 bridgehead atoms. The standard InChI is InChI=1S/C15H13N3O2S/c1-19-13-6-4-11(5-7-13)10-21-15-18-17-14(20-15)12-3-2-8-16-9-12/h2-9H,10H2,1H3. The summed E-state index contributed by atoms with van der Waals surface area (Å²) in [4.78, 5) is 4.03. The maximum Gasteiger partial charge on any atom is 0.277 e. The molecule has 0 atom stereocenters. The molecule has 3 rings (SSSR count). The van der Waals surface area contributed by atoms with Gasteiger partial charge in [0.05, 0.1) is 12.7 Å². The third kappa shape index (κ3) is 3.41. The molecule has 21 heavy (non-hydrogen) atoms. The highest BCUT2D eigenvalue weighted by Gasteiger charge is 2.09. The molecule has 0 radical (unpaired) electrons. The number of rotatable bonds is 5. The van der Waals surface area contributed by atoms with Gasteiger partial charge in [-0.2, -0.15) is 0 Å². The van der Waals surface area contributed by atoms with Crippen LogP contribution in [0.4, 0.5) is 0 Å². The Morgan fingerprint density at radius 1 is 1.14 bits per heavy atom. The van der Waals surface area contributed by atoms with E-state index in [-0.39, 0.29) is 0 Å². The van der Waals surface area contributed by atoms with Crippen molar-refractivity contribution in [3.05, 3.63) is 54.4 Å². The Morgan fingerprint density at radius 3 is 2.71 bits per heavy atom. The minimum atomic E-state index is 0.486. The lowest BCUT2D eigenvalue weighted by Gasteiger charge is -2.01. The summed E-state index contributed by atoms with van der Waals surface area (Å²) in [6.45, 7) is 0. The predicted molar refractivity (Wildman–Crippen MR) is 80.1 cm³/mol. The second-order valence-corrected chi connectivity index (χ2v) is 5.18. The van der Waals surface area contributed by atoms with E-state index in [0.29, 0.717) is 11.1 Å². The van der Waals surface area contributed by atoms with Crippen LogP contribution >= 0.6 is 11.8 Å². The summed E-state index contributed by atoms with van der Waals surface area (Å²) in [7, 11) is 1.65. The molecule has 0 saturated heterocycles. The number of nitrogens with zero attached hydrogens (tertiary/aromatic N) is 3. The normalized spacial score (nSPS) is 10.5. The number of methoxy groups -OCH3 is 1. The van der Waals surface area contributed by atoms with E-state index in [2.05, 4.69) is 15.2 Å². The third-order valence-corrected chi connectivity index (χ3v) is 3.73. The first-order valence-electron chi connectivity index (χ1n) is 6.35. The van der Waals surface area contributed by atoms with Crippen LogP contribution in [0.2, 0.25) is 0 Å². The van der Waals surface area contributed by atoms with Gasteiger partial charge < -0.3 is 9.15 Å². The molecule has 5 nitrogen and oxygen atoms in total. The van der Waals surface area contributed by atoms with Crippen molar-refractivity contribution in [2.75, 3.05) is 7.11 Å². The maximum absolute atomic E-state index is 5.61. The molecule has 0 unspecified atom stereocenters. The summed E-state index contributed by atoms with van der Waals surface area (Å²) in [6.07, 6.45) is 3.41. The third-order valence-electron chi connectivity index (χ3n) is 2.84. The minimum absolute atomic E-state index is 0.486. The van der Waals surface area contributed by atoms with Crippen LogP contribution in [0.5, 0.6) is 5.75 Å². The van der Waals surface area contributed by atoms with Crippen molar-refractivity contribution in [3.8, 4) is 17.2 Å². The molecule has 2 aromatic heterocycles. The second-order valence-electron chi connectivity index (χ2n) is 4.25. The molecular formula is C15H13N3O2S. The molecule has 0 fully saturated rings. The smallest absolute Gasteiger partial charge is 0.277 e. The van der Waals surface area contributed by atoms with Gasteiger partial charge in [0.25, 0.3) is 5.22 Å². The lowest BCUT2D eigenvalue weighted by molar-refractivity contribution is 0.414. The number of thioether (sulfide) groups is 1. The molecule has 0 amide bonds. The van der Waals surface area contributed by atoms with Gasteiger partial charge >= 0.3 is 0 Å². The lowest BCUT2D eigenvalue weighted by Crippen LogP contribution is -1.84. The Bertz CT molecular complexity index is 698. The summed E-state index contributed by atoms with van der Waals surface area (Å²) in [5.41, 5.74) is 1.99. The van der Waals surface area contributed by atoms with Crippen molar-refractivity contribution in [1.29, 1.82) is 0 Å². The zero-order valence-electron chi connectivity index (χ0n) is 11.4. The van der Waals surface area contributed by atoms with Gasteiger partial charge in [0.2, 0.25) is 5.89 Å². The van der Waals surface area contributed by atoms with E-state index in [1.165, 1.54) is 17.3 Å². The largest absolute Gasteiger partial charge is 0.497 e. The Balaban J connectivity index is 1.64. The van der Waals surface area contributed by atoms with Crippen molar-refractivity contribution in [2.24, 2.45) is 0 Å². The molecule has 0 saturated carbocycles. The van der Waals surface area contributed by atoms with Crippen molar-refractivity contribution in [1.82, 2.24) is 15.2 Å². The Labute approximate surface area is 126 Å². The summed E-state index contributed by atoms with van der Waals surface area (Å²) < 4.78 is 10.7. The van der Waals surface area contributed by atoms with Gasteiger partial charge in [0.1, 0.15) is 5.75 Å². The number of pyridine rings is 1. The summed E-state index contributed by atoms with van der Waals surface area (Å²) in [6, 6.07) is 11.6. The van der Waals surface area contributed by atoms with Gasteiger partial charge in [-0.3, -0.25) is 4.98 Å². The average Bonchev–Trinajstić information content (AvgIpc) is 3.03. The van der Waals surface area contributed by atoms with Crippen LogP contribution in [0.1, 0.15) is 5.56 Å². The van der Waals surface area contributed by atoms with Gasteiger partial charge in [-0.1, -0.05) is 23.9 Å². The number of ether oxygens (including phenoxy) is 1. The molecule has 0 aliphatic carbocycles. The molecule has 0 spiro atoms. The van der Waals surface area contributed by atoms with Gasteiger partial charge in [-0.05, 0) is 29.8 Å². The van der Waals surface area contributed by atoms with Gasteiger partial charge in [-0.25, -0.2) is 0 Å². The molecule has 6 heteroatoms. The maximum atomic E-state index is 5.61. The van der Waals surface area contributed by atoms with Crippen LogP contribution in [0.3, 0.4) is 0 Å². The van der Waals surface area contributed by atoms with Crippen molar-refractivity contribution < 1.29 is 9.15 Å². The van der Waals surface area contributed by atoms with Crippen LogP contribution in [0.15, 0.2) is 58.4 Å². The minimum Gasteiger partial charge on any atom is -0.497 e. The van der Waals surface area contributed by atoms with E-state index in [1.54, 1.807) is 19.5 Å². The quantitative estimate of drug-likeness (QED) is 0.673. The highest BCUT2D eigenvalue weighted by Crippen LogP contribution is 2.25. The van der Waals surface area contributed by atoms with E-state index in [0.717, 1.165) is 17.1 Å². The van der Waals surface area contributed by atoms with Crippen molar-refractivity contribution in [2.45, 2.75) is 11.0 Å². The molecule has 0 aliphatic rings. The average molecular weight is 299 g/mol. The van der Waals surface area contributed by atoms with E-state index in [1.807, 2.05) is 36.4 Å². The zero-order valence-corrected chi connectivity index (χ0v) is 12.2. The van der Waals surface area contributed by atoms with Crippen LogP contribution in [0.25, 0.3) is 11.5 Å². The zero-order chi connectivity index (χ0) is 14.5. The van der Waals surface area contributed by atoms with E-state index < -0.39 is 0 Å². The topological polar surface area (TPSA) is 61.0 Å². The van der Waals surface area contributed by atoms with Crippen molar-refractivity contribution in [3.63, 3.8) is 0 Å². The van der Waals surface area contributed by atoms with E-state index in [4.69, 9.17) is 9.15 Å². The molecule has 106 valence electrons. The summed E-state index contributed by atoms with van der Waals surface area (Å²) in [5, 5.41) is 8.61. The van der Waals surface area contributed by atoms with Crippen LogP contribution in [-0.4, -0.2) is 22.3 Å². The first-order valence-corrected chi connectivity index (χ1v) is 7.33. The van der Waals surface area contributed by atoms with Gasteiger partial charge in [0, 0.05) is 18.1 Å². The molecule has 0 aliphatic heterocycles. The highest BCUT2D eigenvalue weighted by molar-refractivity contribution is 7.98. The molecule has 2 heterocycles. The fourth-order valence-electron chi connectivity index (χ4n) is 1.74. The second kappa shape index (κ2) is 6.41. The molecular weight excluding hydrogens is 286 g/mol. The van der Waals surface area contributed by atoms with E-state index >= 15 is 0 Å². The van der Waals surface area contributed by atoms with Crippen LogP contribution in [0, 0.1) is 0 Å². The summed E-state index contributed by atoms with van der Waals surface area (Å²) in [5.74, 6) is 2.10. The fraction of sp³-hybridized carbons (Fsp3) is 0.133. The Hall–Kier alpha value is -2.34. The first kappa shape index (κ1) is 13.6. The van der Waals surface area contributed by atoms with Crippen molar-refractivity contribution >= 4 is 11.8 Å². The van der Waals surface area contributed by atoms with E-state index in [9.17, 15) is 0 Å². The van der Waals surface area contributed by atoms with Gasteiger partial charge in [0.15, 0.2) is 0 Å². The molecule has 1 aromatic carbocycles. The predicted octanol–water partition coefficient (Wildman–Crippen LogP) is 3.43. The number of benzene rings is 1. The summed E-state index contributed by atoms with van der Waals surface area (Å²) >= 11 is 1.50. The van der Waals surface area contributed by atoms with Crippen LogP contribution < -0.4 is 4.74 Å². The fourth-order valence-corrected chi connectivity index (χ4v) is 2.46. The number of aromatic nitrogens is 3. The molecule has 0 N–H and O–H groups in total.